The summed E-state index contributed by atoms with van der Waals surface area (Å²) in [6.07, 6.45) is 3.99. The first-order chi connectivity index (χ1) is 12.3. The number of sulfonamides is 1. The van der Waals surface area contributed by atoms with E-state index < -0.39 is 10.0 Å². The van der Waals surface area contributed by atoms with Crippen LogP contribution in [-0.2, 0) is 14.8 Å². The first-order valence-corrected chi connectivity index (χ1v) is 9.55. The van der Waals surface area contributed by atoms with Gasteiger partial charge in [-0.1, -0.05) is 24.3 Å². The molecule has 0 aliphatic rings. The van der Waals surface area contributed by atoms with Crippen molar-refractivity contribution in [2.45, 2.75) is 0 Å². The molecule has 0 saturated carbocycles. The fraction of sp³-hybridized carbons (Fsp3) is 0.111. The van der Waals surface area contributed by atoms with E-state index in [2.05, 4.69) is 15.4 Å². The van der Waals surface area contributed by atoms with Gasteiger partial charge in [-0.2, -0.15) is 0 Å². The van der Waals surface area contributed by atoms with Crippen LogP contribution in [0.2, 0.25) is 0 Å². The zero-order valence-corrected chi connectivity index (χ0v) is 15.1. The van der Waals surface area contributed by atoms with Crippen LogP contribution >= 0.6 is 0 Å². The molecule has 136 valence electrons. The zero-order chi connectivity index (χ0) is 19.2. The van der Waals surface area contributed by atoms with Crippen molar-refractivity contribution in [3.63, 3.8) is 0 Å². The van der Waals surface area contributed by atoms with Gasteiger partial charge < -0.3 is 10.6 Å². The Labute approximate surface area is 152 Å². The maximum absolute atomic E-state index is 12.1. The molecule has 0 saturated heterocycles. The summed E-state index contributed by atoms with van der Waals surface area (Å²) in [6, 6.07) is 13.2. The van der Waals surface area contributed by atoms with Crippen molar-refractivity contribution < 1.29 is 18.0 Å². The van der Waals surface area contributed by atoms with Crippen molar-refractivity contribution in [2.24, 2.45) is 0 Å². The van der Waals surface area contributed by atoms with Crippen LogP contribution in [0.4, 0.5) is 11.4 Å². The zero-order valence-electron chi connectivity index (χ0n) is 14.3. The normalized spacial score (nSPS) is 11.2. The molecule has 0 spiro atoms. The average molecular weight is 373 g/mol. The molecule has 7 nitrogen and oxygen atoms in total. The van der Waals surface area contributed by atoms with Gasteiger partial charge in [0.05, 0.1) is 17.5 Å². The second-order valence-electron chi connectivity index (χ2n) is 5.44. The van der Waals surface area contributed by atoms with Crippen LogP contribution in [0.5, 0.6) is 0 Å². The predicted octanol–water partition coefficient (Wildman–Crippen LogP) is 2.07. The Morgan fingerprint density at radius 3 is 2.27 bits per heavy atom. The number of hydrogen-bond acceptors (Lipinski definition) is 4. The highest BCUT2D eigenvalue weighted by Gasteiger charge is 2.10. The van der Waals surface area contributed by atoms with Crippen LogP contribution in [0.1, 0.15) is 15.9 Å². The lowest BCUT2D eigenvalue weighted by Crippen LogP contribution is -2.20. The Morgan fingerprint density at radius 1 is 1.00 bits per heavy atom. The summed E-state index contributed by atoms with van der Waals surface area (Å²) in [5, 5.41) is 5.18. The van der Waals surface area contributed by atoms with Gasteiger partial charge in [0.15, 0.2) is 0 Å². The van der Waals surface area contributed by atoms with Crippen molar-refractivity contribution in [3.05, 3.63) is 65.7 Å². The van der Waals surface area contributed by atoms with Crippen LogP contribution in [0.25, 0.3) is 6.08 Å². The van der Waals surface area contributed by atoms with Gasteiger partial charge in [0.25, 0.3) is 5.91 Å². The lowest BCUT2D eigenvalue weighted by Gasteiger charge is -2.08. The Morgan fingerprint density at radius 2 is 1.65 bits per heavy atom. The SMILES string of the molecule is CNC(=O)c1ccccc1NC(=O)/C=C/c1ccc(NS(C)(=O)=O)cc1. The molecule has 3 N–H and O–H groups in total. The molecule has 0 atom stereocenters. The molecular weight excluding hydrogens is 354 g/mol. The van der Waals surface area contributed by atoms with E-state index in [1.54, 1.807) is 54.6 Å². The molecule has 2 amide bonds. The van der Waals surface area contributed by atoms with Gasteiger partial charge in [-0.3, -0.25) is 14.3 Å². The smallest absolute Gasteiger partial charge is 0.253 e. The van der Waals surface area contributed by atoms with Crippen molar-refractivity contribution in [3.8, 4) is 0 Å². The van der Waals surface area contributed by atoms with Gasteiger partial charge in [-0.15, -0.1) is 0 Å². The van der Waals surface area contributed by atoms with Gasteiger partial charge in [0.1, 0.15) is 0 Å². The second-order valence-corrected chi connectivity index (χ2v) is 7.19. The molecule has 2 aromatic carbocycles. The van der Waals surface area contributed by atoms with E-state index in [4.69, 9.17) is 0 Å². The number of hydrogen-bond donors (Lipinski definition) is 3. The minimum atomic E-state index is -3.33. The summed E-state index contributed by atoms with van der Waals surface area (Å²) in [4.78, 5) is 23.9. The van der Waals surface area contributed by atoms with Crippen LogP contribution < -0.4 is 15.4 Å². The molecule has 0 heterocycles. The van der Waals surface area contributed by atoms with E-state index in [0.29, 0.717) is 16.9 Å². The largest absolute Gasteiger partial charge is 0.355 e. The highest BCUT2D eigenvalue weighted by Crippen LogP contribution is 2.15. The lowest BCUT2D eigenvalue weighted by atomic mass is 10.1. The third kappa shape index (κ3) is 5.75. The van der Waals surface area contributed by atoms with Crippen LogP contribution in [0.3, 0.4) is 0 Å². The van der Waals surface area contributed by atoms with E-state index in [1.165, 1.54) is 13.1 Å². The molecule has 0 radical (unpaired) electrons. The number of rotatable bonds is 6. The summed E-state index contributed by atoms with van der Waals surface area (Å²) < 4.78 is 24.7. The molecule has 0 bridgehead atoms. The molecule has 0 aliphatic heterocycles. The second kappa shape index (κ2) is 8.30. The minimum Gasteiger partial charge on any atom is -0.355 e. The summed E-state index contributed by atoms with van der Waals surface area (Å²) in [7, 11) is -1.81. The molecule has 26 heavy (non-hydrogen) atoms. The Bertz CT molecular complexity index is 935. The van der Waals surface area contributed by atoms with Crippen molar-refractivity contribution in [2.75, 3.05) is 23.3 Å². The van der Waals surface area contributed by atoms with Gasteiger partial charge >= 0.3 is 0 Å². The lowest BCUT2D eigenvalue weighted by molar-refractivity contribution is -0.111. The first kappa shape index (κ1) is 19.2. The van der Waals surface area contributed by atoms with Gasteiger partial charge in [-0.25, -0.2) is 8.42 Å². The van der Waals surface area contributed by atoms with E-state index in [0.717, 1.165) is 11.8 Å². The molecular formula is C18H19N3O4S. The number of para-hydroxylation sites is 1. The molecule has 0 aliphatic carbocycles. The highest BCUT2D eigenvalue weighted by molar-refractivity contribution is 7.92. The number of nitrogens with one attached hydrogen (secondary N) is 3. The van der Waals surface area contributed by atoms with E-state index in [9.17, 15) is 18.0 Å². The third-order valence-electron chi connectivity index (χ3n) is 3.30. The number of amides is 2. The van der Waals surface area contributed by atoms with Crippen molar-refractivity contribution in [1.29, 1.82) is 0 Å². The van der Waals surface area contributed by atoms with Crippen molar-refractivity contribution >= 4 is 39.3 Å². The average Bonchev–Trinajstić information content (AvgIpc) is 2.59. The number of carbonyl (C=O) groups is 2. The Hall–Kier alpha value is -3.13. The number of carbonyl (C=O) groups excluding carboxylic acids is 2. The Kier molecular flexibility index (Phi) is 6.13. The van der Waals surface area contributed by atoms with E-state index >= 15 is 0 Å². The summed E-state index contributed by atoms with van der Waals surface area (Å²) >= 11 is 0. The number of anilines is 2. The van der Waals surface area contributed by atoms with Crippen molar-refractivity contribution in [1.82, 2.24) is 5.32 Å². The molecule has 0 aromatic heterocycles. The van der Waals surface area contributed by atoms with Gasteiger partial charge in [0.2, 0.25) is 15.9 Å². The molecule has 8 heteroatoms. The van der Waals surface area contributed by atoms with Crippen LogP contribution in [-0.4, -0.2) is 33.5 Å². The minimum absolute atomic E-state index is 0.293. The van der Waals surface area contributed by atoms with Gasteiger partial charge in [-0.05, 0) is 35.9 Å². The molecule has 2 aromatic rings. The fourth-order valence-corrected chi connectivity index (χ4v) is 2.71. The van der Waals surface area contributed by atoms with E-state index in [1.807, 2.05) is 0 Å². The summed E-state index contributed by atoms with van der Waals surface area (Å²) in [6.45, 7) is 0. The standard InChI is InChI=1S/C18H19N3O4S/c1-19-18(23)15-5-3-4-6-16(15)20-17(22)12-9-13-7-10-14(11-8-13)21-26(2,24)25/h3-12,21H,1-2H3,(H,19,23)(H,20,22)/b12-9+. The molecule has 0 unspecified atom stereocenters. The summed E-state index contributed by atoms with van der Waals surface area (Å²) in [5.41, 5.74) is 1.94. The monoisotopic (exact) mass is 373 g/mol. The Balaban J connectivity index is 2.05. The summed E-state index contributed by atoms with van der Waals surface area (Å²) in [5.74, 6) is -0.682. The third-order valence-corrected chi connectivity index (χ3v) is 3.90. The fourth-order valence-electron chi connectivity index (χ4n) is 2.15. The first-order valence-electron chi connectivity index (χ1n) is 7.66. The van der Waals surface area contributed by atoms with Crippen LogP contribution in [0, 0.1) is 0 Å². The van der Waals surface area contributed by atoms with Crippen LogP contribution in [0.15, 0.2) is 54.6 Å². The molecule has 0 fully saturated rings. The maximum Gasteiger partial charge on any atom is 0.253 e. The number of benzene rings is 2. The van der Waals surface area contributed by atoms with E-state index in [-0.39, 0.29) is 11.8 Å². The molecule has 2 rings (SSSR count). The predicted molar refractivity (Wildman–Crippen MR) is 102 cm³/mol. The maximum atomic E-state index is 12.1. The quantitative estimate of drug-likeness (QED) is 0.674. The topological polar surface area (TPSA) is 104 Å². The highest BCUT2D eigenvalue weighted by atomic mass is 32.2. The van der Waals surface area contributed by atoms with Gasteiger partial charge in [0, 0.05) is 18.8 Å².